The van der Waals surface area contributed by atoms with E-state index in [0.717, 1.165) is 12.3 Å². The number of hydrogen-bond donors (Lipinski definition) is 0. The van der Waals surface area contributed by atoms with E-state index >= 15 is 0 Å². The van der Waals surface area contributed by atoms with Crippen LogP contribution in [-0.2, 0) is 0 Å². The van der Waals surface area contributed by atoms with E-state index in [9.17, 15) is 0 Å². The van der Waals surface area contributed by atoms with Crippen molar-refractivity contribution in [1.29, 1.82) is 0 Å². The lowest BCUT2D eigenvalue weighted by atomic mass is 9.94. The summed E-state index contributed by atoms with van der Waals surface area (Å²) in [6.07, 6.45) is 11.0. The van der Waals surface area contributed by atoms with E-state index < -0.39 is 0 Å². The number of hydrogen-bond acceptors (Lipinski definition) is 0. The second-order valence-corrected chi connectivity index (χ2v) is 4.34. The summed E-state index contributed by atoms with van der Waals surface area (Å²) in [5, 5.41) is 0.437. The fourth-order valence-electron chi connectivity index (χ4n) is 2.00. The average Bonchev–Trinajstić information content (AvgIpc) is 2.27. The summed E-state index contributed by atoms with van der Waals surface area (Å²) in [5.41, 5.74) is 0. The Labute approximate surface area is 81.0 Å². The molecule has 0 bridgehead atoms. The molecular formula is C11H19Cl. The van der Waals surface area contributed by atoms with Crippen LogP contribution in [-0.4, -0.2) is 5.38 Å². The zero-order valence-corrected chi connectivity index (χ0v) is 8.52. The molecule has 0 aromatic rings. The maximum Gasteiger partial charge on any atom is 0.0364 e. The molecule has 70 valence electrons. The van der Waals surface area contributed by atoms with E-state index in [2.05, 4.69) is 6.58 Å². The lowest BCUT2D eigenvalue weighted by molar-refractivity contribution is 0.438. The highest BCUT2D eigenvalue weighted by Gasteiger charge is 2.20. The first-order valence-electron chi connectivity index (χ1n) is 5.09. The number of allylic oxidation sites excluding steroid dienone is 1. The Balaban J connectivity index is 2.31. The molecule has 1 saturated carbocycles. The van der Waals surface area contributed by atoms with Gasteiger partial charge < -0.3 is 0 Å². The second kappa shape index (κ2) is 5.64. The van der Waals surface area contributed by atoms with Crippen LogP contribution in [0.15, 0.2) is 12.7 Å². The van der Waals surface area contributed by atoms with Gasteiger partial charge in [-0.2, -0.15) is 0 Å². The molecule has 0 aromatic carbocycles. The summed E-state index contributed by atoms with van der Waals surface area (Å²) in [6, 6.07) is 0. The Morgan fingerprint density at radius 1 is 1.25 bits per heavy atom. The second-order valence-electron chi connectivity index (χ2n) is 3.78. The maximum atomic E-state index is 6.29. The first kappa shape index (κ1) is 10.1. The van der Waals surface area contributed by atoms with Crippen LogP contribution in [0.1, 0.15) is 44.9 Å². The summed E-state index contributed by atoms with van der Waals surface area (Å²) in [4.78, 5) is 0. The summed E-state index contributed by atoms with van der Waals surface area (Å²) in [7, 11) is 0. The predicted molar refractivity (Wildman–Crippen MR) is 55.6 cm³/mol. The van der Waals surface area contributed by atoms with Gasteiger partial charge in [-0.05, 0) is 31.6 Å². The van der Waals surface area contributed by atoms with Crippen molar-refractivity contribution in [2.45, 2.75) is 50.3 Å². The standard InChI is InChI=1S/C11H19Cl/c1-2-3-7-10-8-5-4-6-9-11(10)12/h2,10-11H,1,3-9H2. The smallest absolute Gasteiger partial charge is 0.0364 e. The molecule has 12 heavy (non-hydrogen) atoms. The minimum atomic E-state index is 0.437. The molecule has 2 atom stereocenters. The van der Waals surface area contributed by atoms with Crippen LogP contribution >= 0.6 is 11.6 Å². The Kier molecular flexibility index (Phi) is 4.75. The zero-order valence-electron chi connectivity index (χ0n) is 7.77. The molecule has 0 amide bonds. The minimum Gasteiger partial charge on any atom is -0.123 e. The van der Waals surface area contributed by atoms with Gasteiger partial charge in [-0.3, -0.25) is 0 Å². The van der Waals surface area contributed by atoms with E-state index in [1.165, 1.54) is 38.5 Å². The van der Waals surface area contributed by atoms with Crippen LogP contribution in [0.4, 0.5) is 0 Å². The molecule has 1 fully saturated rings. The molecule has 2 unspecified atom stereocenters. The molecule has 0 N–H and O–H groups in total. The van der Waals surface area contributed by atoms with Gasteiger partial charge in [-0.15, -0.1) is 18.2 Å². The molecule has 1 heteroatoms. The summed E-state index contributed by atoms with van der Waals surface area (Å²) < 4.78 is 0. The van der Waals surface area contributed by atoms with Gasteiger partial charge in [0, 0.05) is 5.38 Å². The molecule has 0 spiro atoms. The van der Waals surface area contributed by atoms with Crippen LogP contribution in [0, 0.1) is 5.92 Å². The minimum absolute atomic E-state index is 0.437. The van der Waals surface area contributed by atoms with Gasteiger partial charge in [0.2, 0.25) is 0 Å². The first-order valence-corrected chi connectivity index (χ1v) is 5.53. The topological polar surface area (TPSA) is 0 Å². The molecule has 0 aromatic heterocycles. The molecular weight excluding hydrogens is 168 g/mol. The molecule has 1 aliphatic rings. The van der Waals surface area contributed by atoms with E-state index in [1.807, 2.05) is 6.08 Å². The van der Waals surface area contributed by atoms with Gasteiger partial charge >= 0.3 is 0 Å². The van der Waals surface area contributed by atoms with Crippen molar-refractivity contribution in [2.24, 2.45) is 5.92 Å². The first-order chi connectivity index (χ1) is 5.84. The van der Waals surface area contributed by atoms with E-state index in [1.54, 1.807) is 0 Å². The van der Waals surface area contributed by atoms with E-state index in [0.29, 0.717) is 5.38 Å². The van der Waals surface area contributed by atoms with E-state index in [4.69, 9.17) is 11.6 Å². The number of halogens is 1. The lowest BCUT2D eigenvalue weighted by Crippen LogP contribution is -2.12. The van der Waals surface area contributed by atoms with Crippen LogP contribution in [0.3, 0.4) is 0 Å². The van der Waals surface area contributed by atoms with Gasteiger partial charge in [0.15, 0.2) is 0 Å². The van der Waals surface area contributed by atoms with Gasteiger partial charge in [-0.25, -0.2) is 0 Å². The van der Waals surface area contributed by atoms with Crippen molar-refractivity contribution in [3.05, 3.63) is 12.7 Å². The molecule has 0 saturated heterocycles. The third kappa shape index (κ3) is 3.18. The monoisotopic (exact) mass is 186 g/mol. The van der Waals surface area contributed by atoms with Crippen molar-refractivity contribution < 1.29 is 0 Å². The van der Waals surface area contributed by atoms with Crippen molar-refractivity contribution in [3.8, 4) is 0 Å². The van der Waals surface area contributed by atoms with Crippen molar-refractivity contribution in [3.63, 3.8) is 0 Å². The molecule has 0 radical (unpaired) electrons. The summed E-state index contributed by atoms with van der Waals surface area (Å²) >= 11 is 6.29. The largest absolute Gasteiger partial charge is 0.123 e. The van der Waals surface area contributed by atoms with Crippen LogP contribution in [0.2, 0.25) is 0 Å². The molecule has 1 rings (SSSR count). The summed E-state index contributed by atoms with van der Waals surface area (Å²) in [6.45, 7) is 3.75. The Hall–Kier alpha value is 0.0300. The zero-order chi connectivity index (χ0) is 8.81. The van der Waals surface area contributed by atoms with Crippen molar-refractivity contribution >= 4 is 11.6 Å². The van der Waals surface area contributed by atoms with Gasteiger partial charge in [-0.1, -0.05) is 25.3 Å². The highest BCUT2D eigenvalue weighted by atomic mass is 35.5. The molecule has 0 aliphatic heterocycles. The highest BCUT2D eigenvalue weighted by molar-refractivity contribution is 6.20. The predicted octanol–water partition coefficient (Wildman–Crippen LogP) is 4.14. The van der Waals surface area contributed by atoms with Crippen LogP contribution in [0.5, 0.6) is 0 Å². The highest BCUT2D eigenvalue weighted by Crippen LogP contribution is 2.30. The number of rotatable bonds is 3. The van der Waals surface area contributed by atoms with Crippen molar-refractivity contribution in [1.82, 2.24) is 0 Å². The fourth-order valence-corrected chi connectivity index (χ4v) is 2.40. The average molecular weight is 187 g/mol. The Bertz CT molecular complexity index is 131. The summed E-state index contributed by atoms with van der Waals surface area (Å²) in [5.74, 6) is 0.757. The normalized spacial score (nSPS) is 31.1. The van der Waals surface area contributed by atoms with Crippen LogP contribution in [0.25, 0.3) is 0 Å². The molecule has 1 aliphatic carbocycles. The number of alkyl halides is 1. The molecule has 0 heterocycles. The van der Waals surface area contributed by atoms with E-state index in [-0.39, 0.29) is 0 Å². The van der Waals surface area contributed by atoms with Crippen LogP contribution < -0.4 is 0 Å². The van der Waals surface area contributed by atoms with Crippen molar-refractivity contribution in [2.75, 3.05) is 0 Å². The van der Waals surface area contributed by atoms with Gasteiger partial charge in [0.1, 0.15) is 0 Å². The lowest BCUT2D eigenvalue weighted by Gasteiger charge is -2.18. The van der Waals surface area contributed by atoms with Gasteiger partial charge in [0.25, 0.3) is 0 Å². The quantitative estimate of drug-likeness (QED) is 0.353. The maximum absolute atomic E-state index is 6.29. The Morgan fingerprint density at radius 3 is 2.75 bits per heavy atom. The van der Waals surface area contributed by atoms with Gasteiger partial charge in [0.05, 0.1) is 0 Å². The Morgan fingerprint density at radius 2 is 2.00 bits per heavy atom. The SMILES string of the molecule is C=CCCC1CCCCCC1Cl. The fraction of sp³-hybridized carbons (Fsp3) is 0.818. The third-order valence-electron chi connectivity index (χ3n) is 2.81. The molecule has 0 nitrogen and oxygen atoms in total. The third-order valence-corrected chi connectivity index (χ3v) is 3.38.